The quantitative estimate of drug-likeness (QED) is 0.166. The molecule has 226 valence electrons. The number of aliphatic hydroxyl groups is 1. The first-order valence-electron chi connectivity index (χ1n) is 11.8. The van der Waals surface area contributed by atoms with Crippen LogP contribution in [0.2, 0.25) is 10.0 Å². The number of benzene rings is 3. The van der Waals surface area contributed by atoms with Gasteiger partial charge in [-0.2, -0.15) is 0 Å². The maximum Gasteiger partial charge on any atom is 0.284 e. The number of Topliss-reactive ketones (excluding diaryl/α,β-unsaturated/α-hetero) is 2. The van der Waals surface area contributed by atoms with Crippen LogP contribution in [0.5, 0.6) is 11.5 Å². The van der Waals surface area contributed by atoms with Crippen molar-refractivity contribution in [2.45, 2.75) is 6.42 Å². The summed E-state index contributed by atoms with van der Waals surface area (Å²) in [5.41, 5.74) is 1.19. The lowest BCUT2D eigenvalue weighted by atomic mass is 10.1. The van der Waals surface area contributed by atoms with Gasteiger partial charge in [0.15, 0.2) is 47.6 Å². The van der Waals surface area contributed by atoms with Crippen LogP contribution in [0.3, 0.4) is 0 Å². The molecule has 1 aliphatic heterocycles. The fourth-order valence-corrected chi connectivity index (χ4v) is 3.80. The summed E-state index contributed by atoms with van der Waals surface area (Å²) in [7, 11) is 0. The minimum Gasteiger partial charge on any atom is -0.504 e. The summed E-state index contributed by atoms with van der Waals surface area (Å²) in [6.07, 6.45) is 1.65. The van der Waals surface area contributed by atoms with E-state index in [0.717, 1.165) is 12.1 Å². The highest BCUT2D eigenvalue weighted by molar-refractivity contribution is 6.31. The molecule has 0 aromatic heterocycles. The Morgan fingerprint density at radius 3 is 2.00 bits per heavy atom. The van der Waals surface area contributed by atoms with Crippen LogP contribution in [0, 0.1) is 31.9 Å². The minimum absolute atomic E-state index is 0.00463. The Labute approximate surface area is 251 Å². The lowest BCUT2D eigenvalue weighted by molar-refractivity contribution is -0.482. The van der Waals surface area contributed by atoms with Crippen molar-refractivity contribution in [2.24, 2.45) is 0 Å². The third kappa shape index (κ3) is 9.92. The molecule has 5 rings (SSSR count). The Morgan fingerprint density at radius 2 is 1.51 bits per heavy atom. The molecule has 0 saturated heterocycles. The van der Waals surface area contributed by atoms with Crippen molar-refractivity contribution in [3.8, 4) is 11.5 Å². The second kappa shape index (κ2) is 16.0. The van der Waals surface area contributed by atoms with E-state index in [1.165, 1.54) is 18.2 Å². The fraction of sp³-hybridized carbons (Fsp3) is 0.148. The first-order chi connectivity index (χ1) is 20.3. The molecule has 0 spiro atoms. The van der Waals surface area contributed by atoms with Gasteiger partial charge >= 0.3 is 0 Å². The molecule has 0 bridgehead atoms. The highest BCUT2D eigenvalue weighted by Gasteiger charge is 2.26. The lowest BCUT2D eigenvalue weighted by Crippen LogP contribution is -2.14. The Balaban J connectivity index is 0.000000209. The molecule has 0 atom stereocenters. The van der Waals surface area contributed by atoms with Gasteiger partial charge in [-0.15, -0.1) is 0 Å². The number of carbonyl (C=O) groups excluding carboxylic acids is 3. The van der Waals surface area contributed by atoms with Crippen LogP contribution < -0.4 is 4.74 Å². The first kappa shape index (κ1) is 34.4. The van der Waals surface area contributed by atoms with Crippen molar-refractivity contribution in [2.75, 3.05) is 19.8 Å². The minimum atomic E-state index is -0.889. The van der Waals surface area contributed by atoms with E-state index >= 15 is 0 Å². The average Bonchev–Trinajstić information content (AvgIpc) is 3.24. The van der Waals surface area contributed by atoms with Gasteiger partial charge in [0.2, 0.25) is 6.54 Å². The summed E-state index contributed by atoms with van der Waals surface area (Å²) in [6, 6.07) is 11.6. The van der Waals surface area contributed by atoms with Gasteiger partial charge in [-0.1, -0.05) is 47.5 Å². The number of phenolic OH excluding ortho intramolecular Hbond substituents is 1. The second-order valence-corrected chi connectivity index (χ2v) is 9.15. The van der Waals surface area contributed by atoms with E-state index in [4.69, 9.17) is 38.2 Å². The number of ether oxygens (including phenoxy) is 1. The molecule has 0 radical (unpaired) electrons. The zero-order valence-corrected chi connectivity index (χ0v) is 23.2. The molecule has 1 heterocycles. The molecular formula is C27H20Cl2F2N2O10. The zero-order valence-electron chi connectivity index (χ0n) is 21.7. The number of carbonyl (C=O) groups is 3. The van der Waals surface area contributed by atoms with Gasteiger partial charge in [0, 0.05) is 37.7 Å². The maximum atomic E-state index is 13.3. The van der Waals surface area contributed by atoms with Gasteiger partial charge in [0.1, 0.15) is 6.61 Å². The molecule has 2 N–H and O–H groups in total. The first-order valence-corrected chi connectivity index (χ1v) is 12.5. The standard InChI is InChI=1S/C9H5ClFNO3.C9H6O2.C7H4ClFO2.C2H5NO3/c10-6-1-5-2-7(12(13)14)4-15-9(5)8(11)3-6;10-8-5-9(11)7-4-2-1-3-6(7)8;8-5-1-4(3-10)7(11)6(9)2-5;4-2-1-3(5)6/h1-3H,4H2;1-4H,5H2;1-3,11H;4H,1-2H2. The summed E-state index contributed by atoms with van der Waals surface area (Å²) in [5.74, 6) is -2.26. The number of fused-ring (bicyclic) bond motifs is 2. The van der Waals surface area contributed by atoms with E-state index in [-0.39, 0.29) is 70.4 Å². The van der Waals surface area contributed by atoms with Gasteiger partial charge in [-0.25, -0.2) is 8.78 Å². The number of aromatic hydroxyl groups is 1. The normalized spacial score (nSPS) is 12.3. The number of aliphatic hydroxyl groups excluding tert-OH is 1. The largest absolute Gasteiger partial charge is 0.504 e. The van der Waals surface area contributed by atoms with Crippen LogP contribution in [0.15, 0.2) is 54.2 Å². The summed E-state index contributed by atoms with van der Waals surface area (Å²) in [5, 5.41) is 36.6. The van der Waals surface area contributed by atoms with Gasteiger partial charge in [0.25, 0.3) is 5.70 Å². The monoisotopic (exact) mass is 640 g/mol. The van der Waals surface area contributed by atoms with E-state index < -0.39 is 27.2 Å². The Morgan fingerprint density at radius 1 is 0.953 bits per heavy atom. The number of rotatable bonds is 4. The molecule has 0 fully saturated rings. The SMILES string of the molecule is O=C1CC(=O)c2ccccc21.O=Cc1cc(Cl)cc(F)c1O.O=[N+]([O-])C1=Cc2cc(Cl)cc(F)c2OC1.O=[N+]([O-])CCO. The van der Waals surface area contributed by atoms with E-state index in [2.05, 4.69) is 0 Å². The van der Waals surface area contributed by atoms with Gasteiger partial charge in [-0.05, 0) is 24.3 Å². The molecule has 12 nitrogen and oxygen atoms in total. The number of phenols is 1. The Hall–Kier alpha value is -4.79. The molecule has 1 aliphatic carbocycles. The summed E-state index contributed by atoms with van der Waals surface area (Å²) < 4.78 is 30.7. The number of hydrogen-bond donors (Lipinski definition) is 2. The van der Waals surface area contributed by atoms with Crippen molar-refractivity contribution in [1.29, 1.82) is 0 Å². The fourth-order valence-electron chi connectivity index (χ4n) is 3.38. The molecular weight excluding hydrogens is 621 g/mol. The average molecular weight is 641 g/mol. The van der Waals surface area contributed by atoms with Gasteiger partial charge in [-0.3, -0.25) is 34.6 Å². The maximum absolute atomic E-state index is 13.3. The predicted octanol–water partition coefficient (Wildman–Crippen LogP) is 5.20. The molecule has 3 aromatic rings. The molecule has 16 heteroatoms. The summed E-state index contributed by atoms with van der Waals surface area (Å²) in [4.78, 5) is 50.8. The summed E-state index contributed by atoms with van der Waals surface area (Å²) >= 11 is 11.0. The van der Waals surface area contributed by atoms with E-state index in [1.54, 1.807) is 24.3 Å². The van der Waals surface area contributed by atoms with Crippen molar-refractivity contribution in [1.82, 2.24) is 0 Å². The molecule has 0 unspecified atom stereocenters. The van der Waals surface area contributed by atoms with E-state index in [0.29, 0.717) is 17.4 Å². The molecule has 2 aliphatic rings. The van der Waals surface area contributed by atoms with Crippen LogP contribution in [0.4, 0.5) is 8.78 Å². The number of halogens is 4. The van der Waals surface area contributed by atoms with Crippen LogP contribution in [-0.4, -0.2) is 57.7 Å². The van der Waals surface area contributed by atoms with Crippen molar-refractivity contribution < 1.29 is 48.0 Å². The third-order valence-electron chi connectivity index (χ3n) is 5.27. The van der Waals surface area contributed by atoms with E-state index in [1.807, 2.05) is 0 Å². The number of ketones is 2. The topological polar surface area (TPSA) is 187 Å². The lowest BCUT2D eigenvalue weighted by Gasteiger charge is -2.13. The zero-order chi connectivity index (χ0) is 32.3. The van der Waals surface area contributed by atoms with Crippen molar-refractivity contribution in [3.63, 3.8) is 0 Å². The highest BCUT2D eigenvalue weighted by atomic mass is 35.5. The number of aldehydes is 1. The number of nitro groups is 2. The Kier molecular flexibility index (Phi) is 12.8. The molecule has 0 amide bonds. The highest BCUT2D eigenvalue weighted by Crippen LogP contribution is 2.32. The predicted molar refractivity (Wildman–Crippen MR) is 149 cm³/mol. The molecule has 43 heavy (non-hydrogen) atoms. The van der Waals surface area contributed by atoms with Crippen LogP contribution in [0.1, 0.15) is 43.1 Å². The van der Waals surface area contributed by atoms with Crippen LogP contribution in [0.25, 0.3) is 6.08 Å². The van der Waals surface area contributed by atoms with Crippen molar-refractivity contribution >= 4 is 47.1 Å². The van der Waals surface area contributed by atoms with Crippen LogP contribution >= 0.6 is 23.2 Å². The third-order valence-corrected chi connectivity index (χ3v) is 5.71. The molecule has 0 saturated carbocycles. The Bertz CT molecular complexity index is 1570. The summed E-state index contributed by atoms with van der Waals surface area (Å²) in [6.45, 7) is -0.953. The molecule has 3 aromatic carbocycles. The van der Waals surface area contributed by atoms with Gasteiger partial charge < -0.3 is 14.9 Å². The smallest absolute Gasteiger partial charge is 0.284 e. The van der Waals surface area contributed by atoms with Crippen molar-refractivity contribution in [3.05, 3.63) is 118 Å². The van der Waals surface area contributed by atoms with Crippen LogP contribution in [-0.2, 0) is 0 Å². The number of hydrogen-bond acceptors (Lipinski definition) is 10. The second-order valence-electron chi connectivity index (χ2n) is 8.28. The van der Waals surface area contributed by atoms with Gasteiger partial charge in [0.05, 0.1) is 16.9 Å². The number of nitrogens with zero attached hydrogens (tertiary/aromatic N) is 2. The van der Waals surface area contributed by atoms with E-state index in [9.17, 15) is 43.4 Å².